The van der Waals surface area contributed by atoms with E-state index in [1.165, 1.54) is 0 Å². The van der Waals surface area contributed by atoms with E-state index in [1.54, 1.807) is 0 Å². The first-order valence-electron chi connectivity index (χ1n) is 6.39. The number of hydrogen-bond donors (Lipinski definition) is 0. The van der Waals surface area contributed by atoms with Crippen molar-refractivity contribution in [2.75, 3.05) is 26.4 Å². The standard InChI is InChI=1S/C11H28O4Si2/c1-7-12-16(3,4)14-10-9-11-15-17(5,6)13-8-2/h7-11H2,1-6H3. The largest absolute Gasteiger partial charge is 0.395 e. The lowest BCUT2D eigenvalue weighted by Gasteiger charge is -2.24. The van der Waals surface area contributed by atoms with Gasteiger partial charge < -0.3 is 17.7 Å². The molecule has 17 heavy (non-hydrogen) atoms. The van der Waals surface area contributed by atoms with Gasteiger partial charge in [-0.05, 0) is 46.5 Å². The summed E-state index contributed by atoms with van der Waals surface area (Å²) in [5.74, 6) is 0. The van der Waals surface area contributed by atoms with E-state index in [0.29, 0.717) is 13.2 Å². The molecule has 0 fully saturated rings. The third kappa shape index (κ3) is 9.93. The van der Waals surface area contributed by atoms with E-state index in [9.17, 15) is 0 Å². The average Bonchev–Trinajstić information content (AvgIpc) is 2.16. The van der Waals surface area contributed by atoms with Crippen molar-refractivity contribution in [3.8, 4) is 0 Å². The Kier molecular flexibility index (Phi) is 8.52. The molecule has 0 heterocycles. The van der Waals surface area contributed by atoms with Gasteiger partial charge in [-0.1, -0.05) is 0 Å². The van der Waals surface area contributed by atoms with Crippen LogP contribution < -0.4 is 0 Å². The van der Waals surface area contributed by atoms with Crippen LogP contribution in [0, 0.1) is 0 Å². The number of rotatable bonds is 10. The van der Waals surface area contributed by atoms with Crippen LogP contribution in [0.15, 0.2) is 0 Å². The zero-order valence-electron chi connectivity index (χ0n) is 12.2. The first kappa shape index (κ1) is 17.3. The van der Waals surface area contributed by atoms with Crippen LogP contribution in [0.1, 0.15) is 20.3 Å². The predicted molar refractivity (Wildman–Crippen MR) is 74.7 cm³/mol. The quantitative estimate of drug-likeness (QED) is 0.455. The summed E-state index contributed by atoms with van der Waals surface area (Å²) in [6, 6.07) is 0. The van der Waals surface area contributed by atoms with Crippen molar-refractivity contribution >= 4 is 17.1 Å². The van der Waals surface area contributed by atoms with Gasteiger partial charge in [0.25, 0.3) is 0 Å². The molecule has 0 rings (SSSR count). The molecule has 0 aliphatic rings. The van der Waals surface area contributed by atoms with E-state index in [1.807, 2.05) is 13.8 Å². The molecule has 0 saturated heterocycles. The summed E-state index contributed by atoms with van der Waals surface area (Å²) in [5.41, 5.74) is 0. The fraction of sp³-hybridized carbons (Fsp3) is 1.00. The highest BCUT2D eigenvalue weighted by atomic mass is 28.4. The molecule has 0 saturated carbocycles. The highest BCUT2D eigenvalue weighted by molar-refractivity contribution is 6.64. The highest BCUT2D eigenvalue weighted by Gasteiger charge is 2.25. The minimum absolute atomic E-state index is 0.704. The maximum absolute atomic E-state index is 5.76. The van der Waals surface area contributed by atoms with Gasteiger partial charge >= 0.3 is 17.1 Å². The molecule has 0 amide bonds. The van der Waals surface area contributed by atoms with Crippen LogP contribution >= 0.6 is 0 Å². The second-order valence-corrected chi connectivity index (χ2v) is 11.5. The van der Waals surface area contributed by atoms with Crippen molar-refractivity contribution in [2.24, 2.45) is 0 Å². The molecule has 0 N–H and O–H groups in total. The Morgan fingerprint density at radius 1 is 0.647 bits per heavy atom. The summed E-state index contributed by atoms with van der Waals surface area (Å²) in [6.45, 7) is 15.1. The molecule has 0 spiro atoms. The molecular formula is C11H28O4Si2. The van der Waals surface area contributed by atoms with Crippen LogP contribution in [0.4, 0.5) is 0 Å². The Hall–Kier alpha value is 0.274. The summed E-state index contributed by atoms with van der Waals surface area (Å²) < 4.78 is 22.7. The van der Waals surface area contributed by atoms with E-state index in [2.05, 4.69) is 26.2 Å². The Labute approximate surface area is 108 Å². The normalized spacial score (nSPS) is 13.1. The van der Waals surface area contributed by atoms with Gasteiger partial charge in [0.05, 0.1) is 0 Å². The van der Waals surface area contributed by atoms with E-state index >= 15 is 0 Å². The molecule has 0 aromatic carbocycles. The summed E-state index contributed by atoms with van der Waals surface area (Å²) in [7, 11) is -3.78. The Morgan fingerprint density at radius 3 is 1.29 bits per heavy atom. The van der Waals surface area contributed by atoms with Gasteiger partial charge in [-0.15, -0.1) is 0 Å². The van der Waals surface area contributed by atoms with Crippen molar-refractivity contribution in [3.63, 3.8) is 0 Å². The lowest BCUT2D eigenvalue weighted by molar-refractivity contribution is 0.150. The van der Waals surface area contributed by atoms with Crippen LogP contribution in [-0.2, 0) is 17.7 Å². The third-order valence-corrected chi connectivity index (χ3v) is 5.94. The van der Waals surface area contributed by atoms with Gasteiger partial charge in [0.15, 0.2) is 0 Å². The molecule has 104 valence electrons. The molecule has 0 radical (unpaired) electrons. The topological polar surface area (TPSA) is 36.9 Å². The lowest BCUT2D eigenvalue weighted by atomic mass is 10.5. The molecular weight excluding hydrogens is 252 g/mol. The zero-order valence-corrected chi connectivity index (χ0v) is 14.2. The fourth-order valence-corrected chi connectivity index (χ4v) is 4.30. The summed E-state index contributed by atoms with van der Waals surface area (Å²) >= 11 is 0. The molecule has 0 aliphatic heterocycles. The Morgan fingerprint density at radius 2 is 1.00 bits per heavy atom. The van der Waals surface area contributed by atoms with Crippen LogP contribution in [0.2, 0.25) is 26.2 Å². The Balaban J connectivity index is 3.58. The average molecular weight is 281 g/mol. The molecule has 0 unspecified atom stereocenters. The van der Waals surface area contributed by atoms with E-state index in [-0.39, 0.29) is 0 Å². The van der Waals surface area contributed by atoms with Gasteiger partial charge in [-0.3, -0.25) is 0 Å². The highest BCUT2D eigenvalue weighted by Crippen LogP contribution is 2.09. The predicted octanol–water partition coefficient (Wildman–Crippen LogP) is 2.89. The van der Waals surface area contributed by atoms with Crippen molar-refractivity contribution in [2.45, 2.75) is 46.5 Å². The summed E-state index contributed by atoms with van der Waals surface area (Å²) in [6.07, 6.45) is 0.896. The van der Waals surface area contributed by atoms with E-state index < -0.39 is 17.1 Å². The molecule has 0 aromatic heterocycles. The van der Waals surface area contributed by atoms with Crippen molar-refractivity contribution in [1.29, 1.82) is 0 Å². The maximum atomic E-state index is 5.76. The zero-order chi connectivity index (χ0) is 13.4. The monoisotopic (exact) mass is 280 g/mol. The summed E-state index contributed by atoms with van der Waals surface area (Å²) in [5, 5.41) is 0. The van der Waals surface area contributed by atoms with Crippen molar-refractivity contribution in [1.82, 2.24) is 0 Å². The van der Waals surface area contributed by atoms with Gasteiger partial charge in [-0.2, -0.15) is 0 Å². The molecule has 0 atom stereocenters. The van der Waals surface area contributed by atoms with Crippen molar-refractivity contribution in [3.05, 3.63) is 0 Å². The van der Waals surface area contributed by atoms with Gasteiger partial charge in [0.1, 0.15) is 0 Å². The van der Waals surface area contributed by atoms with Crippen molar-refractivity contribution < 1.29 is 17.7 Å². The molecule has 4 nitrogen and oxygen atoms in total. The first-order valence-corrected chi connectivity index (χ1v) is 12.0. The van der Waals surface area contributed by atoms with Crippen LogP contribution in [0.25, 0.3) is 0 Å². The minimum Gasteiger partial charge on any atom is -0.395 e. The van der Waals surface area contributed by atoms with Gasteiger partial charge in [0, 0.05) is 26.4 Å². The second-order valence-electron chi connectivity index (χ2n) is 4.72. The Bertz CT molecular complexity index is 178. The molecule has 0 aliphatic carbocycles. The van der Waals surface area contributed by atoms with Crippen LogP contribution in [0.3, 0.4) is 0 Å². The SMILES string of the molecule is CCO[Si](C)(C)OCCCO[Si](C)(C)OCC. The number of hydrogen-bond acceptors (Lipinski definition) is 4. The smallest absolute Gasteiger partial charge is 0.331 e. The first-order chi connectivity index (χ1) is 7.83. The van der Waals surface area contributed by atoms with Gasteiger partial charge in [-0.25, -0.2) is 0 Å². The van der Waals surface area contributed by atoms with Gasteiger partial charge in [0.2, 0.25) is 0 Å². The van der Waals surface area contributed by atoms with Crippen LogP contribution in [0.5, 0.6) is 0 Å². The molecule has 0 bridgehead atoms. The summed E-state index contributed by atoms with van der Waals surface area (Å²) in [4.78, 5) is 0. The molecule has 6 heteroatoms. The van der Waals surface area contributed by atoms with Crippen LogP contribution in [-0.4, -0.2) is 43.5 Å². The fourth-order valence-electron chi connectivity index (χ4n) is 1.47. The van der Waals surface area contributed by atoms with E-state index in [0.717, 1.165) is 19.6 Å². The minimum atomic E-state index is -1.89. The molecule has 0 aromatic rings. The third-order valence-electron chi connectivity index (χ3n) is 2.17. The maximum Gasteiger partial charge on any atom is 0.331 e. The van der Waals surface area contributed by atoms with E-state index in [4.69, 9.17) is 17.7 Å². The lowest BCUT2D eigenvalue weighted by Crippen LogP contribution is -2.37. The second kappa shape index (κ2) is 8.39.